The highest BCUT2D eigenvalue weighted by molar-refractivity contribution is 5.04. The van der Waals surface area contributed by atoms with Crippen LogP contribution in [0.5, 0.6) is 0 Å². The lowest BCUT2D eigenvalue weighted by molar-refractivity contribution is 0.396. The summed E-state index contributed by atoms with van der Waals surface area (Å²) in [6.07, 6.45) is 4.43. The van der Waals surface area contributed by atoms with Crippen molar-refractivity contribution in [1.29, 1.82) is 10.5 Å². The van der Waals surface area contributed by atoms with E-state index in [1.807, 2.05) is 0 Å². The van der Waals surface area contributed by atoms with Gasteiger partial charge in [0.1, 0.15) is 0 Å². The number of nitriles is 2. The van der Waals surface area contributed by atoms with Crippen molar-refractivity contribution in [3.8, 4) is 12.1 Å². The monoisotopic (exact) mass is 248 g/mol. The standard InChI is InChI=1S/C14H24N4/c1-5-7-8-13(10-15)17-18-14(4,11-16)9-12(3)6-2/h12-13H,5-9H2,1-4H3. The van der Waals surface area contributed by atoms with Crippen molar-refractivity contribution in [2.24, 2.45) is 16.1 Å². The molecule has 4 heteroatoms. The summed E-state index contributed by atoms with van der Waals surface area (Å²) in [5, 5.41) is 26.3. The molecule has 0 fully saturated rings. The fraction of sp³-hybridized carbons (Fsp3) is 0.857. The van der Waals surface area contributed by atoms with Gasteiger partial charge >= 0.3 is 0 Å². The van der Waals surface area contributed by atoms with Gasteiger partial charge in [-0.05, 0) is 25.7 Å². The summed E-state index contributed by atoms with van der Waals surface area (Å²) in [6.45, 7) is 8.06. The molecule has 0 aromatic carbocycles. The maximum atomic E-state index is 9.20. The van der Waals surface area contributed by atoms with Gasteiger partial charge in [0, 0.05) is 0 Å². The average Bonchev–Trinajstić information content (AvgIpc) is 2.38. The maximum Gasteiger partial charge on any atom is 0.165 e. The van der Waals surface area contributed by atoms with Gasteiger partial charge in [0.2, 0.25) is 0 Å². The summed E-state index contributed by atoms with van der Waals surface area (Å²) in [5.74, 6) is 0.435. The third-order valence-corrected chi connectivity index (χ3v) is 3.08. The third kappa shape index (κ3) is 6.35. The Balaban J connectivity index is 4.59. The summed E-state index contributed by atoms with van der Waals surface area (Å²) in [4.78, 5) is 0. The van der Waals surface area contributed by atoms with Crippen molar-refractivity contribution in [2.45, 2.75) is 71.4 Å². The number of rotatable bonds is 8. The van der Waals surface area contributed by atoms with Gasteiger partial charge in [0.05, 0.1) is 12.1 Å². The largest absolute Gasteiger partial charge is 0.196 e. The first-order valence-electron chi connectivity index (χ1n) is 6.74. The van der Waals surface area contributed by atoms with E-state index < -0.39 is 11.6 Å². The molecule has 100 valence electrons. The van der Waals surface area contributed by atoms with E-state index in [-0.39, 0.29) is 0 Å². The van der Waals surface area contributed by atoms with Crippen LogP contribution in [-0.4, -0.2) is 11.6 Å². The highest BCUT2D eigenvalue weighted by Crippen LogP contribution is 2.23. The van der Waals surface area contributed by atoms with E-state index in [0.717, 1.165) is 25.7 Å². The highest BCUT2D eigenvalue weighted by Gasteiger charge is 2.26. The summed E-state index contributed by atoms with van der Waals surface area (Å²) < 4.78 is 0. The van der Waals surface area contributed by atoms with Gasteiger partial charge in [-0.3, -0.25) is 0 Å². The summed E-state index contributed by atoms with van der Waals surface area (Å²) in [5.41, 5.74) is -0.795. The van der Waals surface area contributed by atoms with Crippen LogP contribution < -0.4 is 0 Å². The van der Waals surface area contributed by atoms with Gasteiger partial charge in [-0.2, -0.15) is 20.8 Å². The van der Waals surface area contributed by atoms with Crippen molar-refractivity contribution in [3.05, 3.63) is 0 Å². The van der Waals surface area contributed by atoms with Crippen LogP contribution in [0.3, 0.4) is 0 Å². The predicted molar refractivity (Wildman–Crippen MR) is 71.9 cm³/mol. The Morgan fingerprint density at radius 1 is 1.28 bits per heavy atom. The number of hydrogen-bond acceptors (Lipinski definition) is 4. The quantitative estimate of drug-likeness (QED) is 0.602. The molecule has 0 aromatic heterocycles. The summed E-state index contributed by atoms with van der Waals surface area (Å²) in [7, 11) is 0. The molecule has 0 spiro atoms. The molecule has 0 radical (unpaired) electrons. The molecule has 0 aliphatic heterocycles. The fourth-order valence-corrected chi connectivity index (χ4v) is 1.67. The van der Waals surface area contributed by atoms with Crippen LogP contribution in [0.4, 0.5) is 0 Å². The van der Waals surface area contributed by atoms with E-state index in [0.29, 0.717) is 12.3 Å². The molecule has 0 bridgehead atoms. The van der Waals surface area contributed by atoms with E-state index in [1.165, 1.54) is 0 Å². The molecule has 0 saturated heterocycles. The predicted octanol–water partition coefficient (Wildman–Crippen LogP) is 4.24. The van der Waals surface area contributed by atoms with Gasteiger partial charge in [0.15, 0.2) is 11.6 Å². The van der Waals surface area contributed by atoms with Gasteiger partial charge in [0.25, 0.3) is 0 Å². The van der Waals surface area contributed by atoms with Crippen molar-refractivity contribution >= 4 is 0 Å². The number of unbranched alkanes of at least 4 members (excludes halogenated alkanes) is 1. The molecule has 0 aliphatic rings. The third-order valence-electron chi connectivity index (χ3n) is 3.08. The Morgan fingerprint density at radius 3 is 2.39 bits per heavy atom. The van der Waals surface area contributed by atoms with Crippen LogP contribution in [-0.2, 0) is 0 Å². The topological polar surface area (TPSA) is 72.3 Å². The van der Waals surface area contributed by atoms with Crippen LogP contribution in [0, 0.1) is 28.6 Å². The lowest BCUT2D eigenvalue weighted by atomic mass is 9.90. The van der Waals surface area contributed by atoms with Crippen LogP contribution >= 0.6 is 0 Å². The normalized spacial score (nSPS) is 17.7. The van der Waals surface area contributed by atoms with Gasteiger partial charge < -0.3 is 0 Å². The Bertz CT molecular complexity index is 337. The molecule has 0 amide bonds. The zero-order valence-corrected chi connectivity index (χ0v) is 12.0. The second-order valence-corrected chi connectivity index (χ2v) is 5.11. The van der Waals surface area contributed by atoms with Gasteiger partial charge in [-0.1, -0.05) is 40.0 Å². The molecule has 0 N–H and O–H groups in total. The van der Waals surface area contributed by atoms with Crippen LogP contribution in [0.1, 0.15) is 59.8 Å². The molecule has 0 heterocycles. The van der Waals surface area contributed by atoms with Crippen molar-refractivity contribution in [1.82, 2.24) is 0 Å². The molecular formula is C14H24N4. The highest BCUT2D eigenvalue weighted by atomic mass is 15.2. The van der Waals surface area contributed by atoms with E-state index in [4.69, 9.17) is 5.26 Å². The lowest BCUT2D eigenvalue weighted by Gasteiger charge is -2.19. The minimum atomic E-state index is -0.795. The molecule has 0 aromatic rings. The molecule has 4 nitrogen and oxygen atoms in total. The molecule has 3 atom stereocenters. The van der Waals surface area contributed by atoms with Crippen molar-refractivity contribution in [2.75, 3.05) is 0 Å². The average molecular weight is 248 g/mol. The number of nitrogens with zero attached hydrogens (tertiary/aromatic N) is 4. The Labute approximate surface area is 111 Å². The van der Waals surface area contributed by atoms with E-state index in [1.54, 1.807) is 6.92 Å². The number of hydrogen-bond donors (Lipinski definition) is 0. The summed E-state index contributed by atoms with van der Waals surface area (Å²) in [6, 6.07) is 3.93. The van der Waals surface area contributed by atoms with E-state index in [9.17, 15) is 5.26 Å². The van der Waals surface area contributed by atoms with E-state index >= 15 is 0 Å². The molecule has 18 heavy (non-hydrogen) atoms. The molecule has 0 saturated carbocycles. The first-order chi connectivity index (χ1) is 8.51. The van der Waals surface area contributed by atoms with Crippen LogP contribution in [0.15, 0.2) is 10.2 Å². The second-order valence-electron chi connectivity index (χ2n) is 5.11. The molecule has 0 aliphatic carbocycles. The van der Waals surface area contributed by atoms with Crippen LogP contribution in [0.25, 0.3) is 0 Å². The molecule has 3 unspecified atom stereocenters. The Kier molecular flexibility index (Phi) is 7.96. The second kappa shape index (κ2) is 8.64. The Hall–Kier alpha value is -1.42. The lowest BCUT2D eigenvalue weighted by Crippen LogP contribution is -2.22. The zero-order valence-electron chi connectivity index (χ0n) is 12.0. The molecular weight excluding hydrogens is 224 g/mol. The summed E-state index contributed by atoms with van der Waals surface area (Å²) >= 11 is 0. The number of azo groups is 1. The minimum Gasteiger partial charge on any atom is -0.196 e. The zero-order chi connectivity index (χ0) is 14.0. The smallest absolute Gasteiger partial charge is 0.165 e. The SMILES string of the molecule is CCCCC(C#N)N=NC(C)(C#N)CC(C)CC. The maximum absolute atomic E-state index is 9.20. The van der Waals surface area contributed by atoms with Crippen molar-refractivity contribution in [3.63, 3.8) is 0 Å². The Morgan fingerprint density at radius 2 is 1.94 bits per heavy atom. The van der Waals surface area contributed by atoms with Crippen LogP contribution in [0.2, 0.25) is 0 Å². The van der Waals surface area contributed by atoms with Gasteiger partial charge in [-0.15, -0.1) is 0 Å². The van der Waals surface area contributed by atoms with Gasteiger partial charge in [-0.25, -0.2) is 0 Å². The molecule has 0 rings (SSSR count). The minimum absolute atomic E-state index is 0.408. The van der Waals surface area contributed by atoms with E-state index in [2.05, 4.69) is 43.1 Å². The fourth-order valence-electron chi connectivity index (χ4n) is 1.67. The first-order valence-corrected chi connectivity index (χ1v) is 6.74. The van der Waals surface area contributed by atoms with Crippen molar-refractivity contribution < 1.29 is 0 Å². The first kappa shape index (κ1) is 16.6.